The molecule has 0 amide bonds. The van der Waals surface area contributed by atoms with E-state index >= 15 is 0 Å². The molecule has 1 aliphatic heterocycles. The van der Waals surface area contributed by atoms with Crippen molar-refractivity contribution in [3.8, 4) is 11.5 Å². The first-order chi connectivity index (χ1) is 13.8. The fourth-order valence-electron chi connectivity index (χ4n) is 3.58. The van der Waals surface area contributed by atoms with E-state index in [1.807, 2.05) is 30.3 Å². The van der Waals surface area contributed by atoms with Gasteiger partial charge in [-0.2, -0.15) is 0 Å². The van der Waals surface area contributed by atoms with E-state index in [0.717, 1.165) is 35.7 Å². The van der Waals surface area contributed by atoms with Gasteiger partial charge in [-0.3, -0.25) is 4.57 Å². The van der Waals surface area contributed by atoms with Crippen LogP contribution in [0, 0.1) is 5.92 Å². The highest BCUT2D eigenvalue weighted by Gasteiger charge is 2.32. The molecule has 8 heteroatoms. The van der Waals surface area contributed by atoms with Crippen LogP contribution in [0.25, 0.3) is 11.5 Å². The van der Waals surface area contributed by atoms with E-state index in [-0.39, 0.29) is 0 Å². The third-order valence-corrected chi connectivity index (χ3v) is 6.37. The first-order valence-corrected chi connectivity index (χ1v) is 11.0. The maximum absolute atomic E-state index is 5.83. The van der Waals surface area contributed by atoms with Crippen molar-refractivity contribution in [2.45, 2.75) is 49.6 Å². The fraction of sp³-hybridized carbons (Fsp3) is 0.500. The molecule has 2 fully saturated rings. The van der Waals surface area contributed by atoms with Gasteiger partial charge < -0.3 is 9.32 Å². The van der Waals surface area contributed by atoms with E-state index in [0.29, 0.717) is 23.6 Å². The van der Waals surface area contributed by atoms with Gasteiger partial charge in [-0.1, -0.05) is 36.9 Å². The molecule has 1 aromatic carbocycles. The quantitative estimate of drug-likeness (QED) is 0.578. The number of rotatable bonds is 6. The van der Waals surface area contributed by atoms with Crippen LogP contribution in [0.15, 0.2) is 39.9 Å². The maximum Gasteiger partial charge on any atom is 0.247 e. The zero-order valence-electron chi connectivity index (χ0n) is 16.0. The molecule has 1 aliphatic carbocycles. The van der Waals surface area contributed by atoms with Crippen LogP contribution < -0.4 is 4.90 Å². The summed E-state index contributed by atoms with van der Waals surface area (Å²) in [6.45, 7) is 4.47. The zero-order chi connectivity index (χ0) is 18.9. The lowest BCUT2D eigenvalue weighted by Crippen LogP contribution is -2.34. The molecule has 146 valence electrons. The van der Waals surface area contributed by atoms with Crippen molar-refractivity contribution >= 4 is 17.7 Å². The molecule has 1 saturated heterocycles. The van der Waals surface area contributed by atoms with Crippen LogP contribution >= 0.6 is 11.8 Å². The Hall–Kier alpha value is -2.35. The van der Waals surface area contributed by atoms with Gasteiger partial charge in [-0.15, -0.1) is 20.4 Å². The number of thioether (sulfide) groups is 1. The van der Waals surface area contributed by atoms with Crippen LogP contribution in [-0.2, 0) is 5.75 Å². The van der Waals surface area contributed by atoms with Gasteiger partial charge >= 0.3 is 0 Å². The van der Waals surface area contributed by atoms with Crippen molar-refractivity contribution in [1.82, 2.24) is 25.0 Å². The summed E-state index contributed by atoms with van der Waals surface area (Å²) in [5, 5.41) is 18.4. The van der Waals surface area contributed by atoms with Gasteiger partial charge in [0.15, 0.2) is 5.16 Å². The first-order valence-electron chi connectivity index (χ1n) is 9.98. The monoisotopic (exact) mass is 396 g/mol. The average molecular weight is 397 g/mol. The van der Waals surface area contributed by atoms with Crippen LogP contribution in [0.3, 0.4) is 0 Å². The second-order valence-electron chi connectivity index (χ2n) is 7.71. The Kier molecular flexibility index (Phi) is 4.80. The summed E-state index contributed by atoms with van der Waals surface area (Å²) in [6, 6.07) is 10.4. The lowest BCUT2D eigenvalue weighted by molar-refractivity contribution is 0.429. The Morgan fingerprint density at radius 3 is 2.54 bits per heavy atom. The highest BCUT2D eigenvalue weighted by Crippen LogP contribution is 2.42. The van der Waals surface area contributed by atoms with Crippen LogP contribution in [0.2, 0.25) is 0 Å². The van der Waals surface area contributed by atoms with Gasteiger partial charge in [0.1, 0.15) is 0 Å². The van der Waals surface area contributed by atoms with Crippen LogP contribution in [0.4, 0.5) is 5.95 Å². The minimum absolute atomic E-state index is 0.536. The zero-order valence-corrected chi connectivity index (χ0v) is 16.8. The normalized spacial score (nSPS) is 18.0. The molecule has 28 heavy (non-hydrogen) atoms. The van der Waals surface area contributed by atoms with Crippen molar-refractivity contribution in [1.29, 1.82) is 0 Å². The molecule has 0 bridgehead atoms. The Morgan fingerprint density at radius 2 is 1.79 bits per heavy atom. The largest absolute Gasteiger partial charge is 0.420 e. The molecular formula is C20H24N6OS. The number of aromatic nitrogens is 5. The highest BCUT2D eigenvalue weighted by atomic mass is 32.2. The maximum atomic E-state index is 5.83. The predicted octanol–water partition coefficient (Wildman–Crippen LogP) is 4.19. The van der Waals surface area contributed by atoms with Gasteiger partial charge in [0, 0.05) is 24.7 Å². The molecule has 0 radical (unpaired) electrons. The van der Waals surface area contributed by atoms with Crippen molar-refractivity contribution in [3.63, 3.8) is 0 Å². The Labute approximate surface area is 168 Å². The number of hydrogen-bond donors (Lipinski definition) is 0. The summed E-state index contributed by atoms with van der Waals surface area (Å²) in [7, 11) is 0. The molecule has 7 nitrogen and oxygen atoms in total. The lowest BCUT2D eigenvalue weighted by atomic mass is 10.00. The molecule has 0 atom stereocenters. The van der Waals surface area contributed by atoms with Crippen molar-refractivity contribution in [3.05, 3.63) is 36.2 Å². The van der Waals surface area contributed by atoms with E-state index in [2.05, 4.69) is 36.8 Å². The van der Waals surface area contributed by atoms with E-state index in [1.54, 1.807) is 11.8 Å². The molecule has 0 N–H and O–H groups in total. The van der Waals surface area contributed by atoms with Gasteiger partial charge in [0.25, 0.3) is 0 Å². The second kappa shape index (κ2) is 7.58. The van der Waals surface area contributed by atoms with Crippen LogP contribution in [-0.4, -0.2) is 38.1 Å². The van der Waals surface area contributed by atoms with Gasteiger partial charge in [-0.25, -0.2) is 0 Å². The highest BCUT2D eigenvalue weighted by molar-refractivity contribution is 7.98. The van der Waals surface area contributed by atoms with Gasteiger partial charge in [0.2, 0.25) is 17.7 Å². The van der Waals surface area contributed by atoms with E-state index in [9.17, 15) is 0 Å². The minimum atomic E-state index is 0.536. The Morgan fingerprint density at radius 1 is 1.00 bits per heavy atom. The predicted molar refractivity (Wildman–Crippen MR) is 108 cm³/mol. The standard InChI is InChI=1S/C20H24N6OS/c1-14-9-11-25(12-10-14)19-23-24-20(26(19)16-7-8-16)28-13-17-21-22-18(27-17)15-5-3-2-4-6-15/h2-6,14,16H,7-13H2,1H3. The summed E-state index contributed by atoms with van der Waals surface area (Å²) >= 11 is 1.63. The molecule has 0 spiro atoms. The van der Waals surface area contributed by atoms with Crippen molar-refractivity contribution in [2.24, 2.45) is 5.92 Å². The number of nitrogens with zero attached hydrogens (tertiary/aromatic N) is 6. The smallest absolute Gasteiger partial charge is 0.247 e. The fourth-order valence-corrected chi connectivity index (χ4v) is 4.42. The molecule has 2 aliphatic rings. The summed E-state index contributed by atoms with van der Waals surface area (Å²) in [5.74, 6) is 3.61. The minimum Gasteiger partial charge on any atom is -0.420 e. The number of benzene rings is 1. The van der Waals surface area contributed by atoms with Gasteiger partial charge in [-0.05, 0) is 43.7 Å². The Bertz CT molecular complexity index is 927. The SMILES string of the molecule is CC1CCN(c2nnc(SCc3nnc(-c4ccccc4)o3)n2C2CC2)CC1. The topological polar surface area (TPSA) is 72.9 Å². The summed E-state index contributed by atoms with van der Waals surface area (Å²) in [4.78, 5) is 2.40. The molecular weight excluding hydrogens is 372 g/mol. The molecule has 1 saturated carbocycles. The van der Waals surface area contributed by atoms with Crippen LogP contribution in [0.5, 0.6) is 0 Å². The van der Waals surface area contributed by atoms with Gasteiger partial charge in [0.05, 0.1) is 5.75 Å². The third-order valence-electron chi connectivity index (χ3n) is 5.44. The molecule has 5 rings (SSSR count). The summed E-state index contributed by atoms with van der Waals surface area (Å²) in [6.07, 6.45) is 4.87. The first kappa shape index (κ1) is 17.7. The molecule has 2 aromatic heterocycles. The Balaban J connectivity index is 1.30. The average Bonchev–Trinajstić information content (AvgIpc) is 3.30. The molecule has 3 aromatic rings. The van der Waals surface area contributed by atoms with Crippen molar-refractivity contribution in [2.75, 3.05) is 18.0 Å². The summed E-state index contributed by atoms with van der Waals surface area (Å²) < 4.78 is 8.16. The lowest BCUT2D eigenvalue weighted by Gasteiger charge is -2.31. The summed E-state index contributed by atoms with van der Waals surface area (Å²) in [5.41, 5.74) is 0.939. The molecule has 0 unspecified atom stereocenters. The molecule has 3 heterocycles. The van der Waals surface area contributed by atoms with E-state index in [1.165, 1.54) is 25.7 Å². The third kappa shape index (κ3) is 3.65. The number of hydrogen-bond acceptors (Lipinski definition) is 7. The second-order valence-corrected chi connectivity index (χ2v) is 8.65. The number of anilines is 1. The number of piperidine rings is 1. The van der Waals surface area contributed by atoms with E-state index in [4.69, 9.17) is 4.42 Å². The van der Waals surface area contributed by atoms with Crippen molar-refractivity contribution < 1.29 is 4.42 Å². The van der Waals surface area contributed by atoms with Crippen LogP contribution in [0.1, 0.15) is 44.5 Å². The van der Waals surface area contributed by atoms with E-state index < -0.39 is 0 Å².